The van der Waals surface area contributed by atoms with Gasteiger partial charge in [0.25, 0.3) is 0 Å². The number of carbonyl (C=O) groups excluding carboxylic acids is 2. The third-order valence-electron chi connectivity index (χ3n) is 9.85. The van der Waals surface area contributed by atoms with Crippen molar-refractivity contribution < 1.29 is 29.4 Å². The van der Waals surface area contributed by atoms with Crippen molar-refractivity contribution in [1.82, 2.24) is 15.7 Å². The van der Waals surface area contributed by atoms with Gasteiger partial charge in [-0.15, -0.1) is 6.58 Å². The van der Waals surface area contributed by atoms with Crippen molar-refractivity contribution >= 4 is 11.8 Å². The Labute approximate surface area is 296 Å². The molecule has 2 fully saturated rings. The van der Waals surface area contributed by atoms with Gasteiger partial charge in [0, 0.05) is 50.5 Å². The summed E-state index contributed by atoms with van der Waals surface area (Å²) in [4.78, 5) is 26.1. The fraction of sp³-hybridized carbons (Fsp3) is 0.463. The van der Waals surface area contributed by atoms with Gasteiger partial charge >= 0.3 is 0 Å². The van der Waals surface area contributed by atoms with Crippen LogP contribution in [0.15, 0.2) is 85.5 Å². The molecule has 1 heterocycles. The summed E-state index contributed by atoms with van der Waals surface area (Å²) in [5.41, 5.74) is 7.66. The third kappa shape index (κ3) is 11.1. The summed E-state index contributed by atoms with van der Waals surface area (Å²) in [5, 5.41) is 21.2. The summed E-state index contributed by atoms with van der Waals surface area (Å²) in [6, 6.07) is 25.1. The van der Waals surface area contributed by atoms with Crippen LogP contribution in [0, 0.1) is 0 Å². The number of nitrogens with zero attached hydrogens (tertiary/aromatic N) is 1. The minimum absolute atomic E-state index is 0.00629. The monoisotopic (exact) mass is 683 g/mol. The van der Waals surface area contributed by atoms with E-state index in [4.69, 9.17) is 14.7 Å². The molecule has 3 atom stereocenters. The van der Waals surface area contributed by atoms with Gasteiger partial charge in [0.2, 0.25) is 11.8 Å². The van der Waals surface area contributed by atoms with Gasteiger partial charge in [-0.25, -0.2) is 5.48 Å². The van der Waals surface area contributed by atoms with E-state index in [9.17, 15) is 14.7 Å². The van der Waals surface area contributed by atoms with E-state index in [2.05, 4.69) is 59.3 Å². The maximum Gasteiger partial charge on any atom is 0.243 e. The molecule has 2 aliphatic rings. The standard InChI is InChI=1S/C41H53N3O6/c1-2-23-44(36-15-7-8-16-36)28-37-26-38(32-21-19-30(29-45)20-22-32)50-41(49-37)35-14-10-13-34(25-35)33-12-9-11-31(24-33)27-42-39(46)17-5-3-4-6-18-40(47)43-48/h2,9-14,19-22,24-25,36-38,41,45,48H,1,3-8,15-18,23,26-29H2,(H,42,46)(H,43,47)/t37-,38+,41+/m0/s1. The summed E-state index contributed by atoms with van der Waals surface area (Å²) in [6.45, 7) is 6.14. The van der Waals surface area contributed by atoms with Crippen molar-refractivity contribution in [2.45, 2.75) is 108 Å². The average molecular weight is 684 g/mol. The normalized spacial score (nSPS) is 19.4. The van der Waals surface area contributed by atoms with Crippen LogP contribution in [0.1, 0.15) is 105 Å². The molecule has 2 amide bonds. The first kappa shape index (κ1) is 37.4. The number of benzene rings is 3. The predicted octanol–water partition coefficient (Wildman–Crippen LogP) is 7.28. The van der Waals surface area contributed by atoms with Gasteiger partial charge in [0.15, 0.2) is 6.29 Å². The van der Waals surface area contributed by atoms with E-state index in [0.29, 0.717) is 31.8 Å². The van der Waals surface area contributed by atoms with Crippen LogP contribution in [-0.4, -0.2) is 52.3 Å². The highest BCUT2D eigenvalue weighted by molar-refractivity contribution is 5.76. The summed E-state index contributed by atoms with van der Waals surface area (Å²) in [6.07, 6.45) is 10.9. The fourth-order valence-electron chi connectivity index (χ4n) is 7.10. The Morgan fingerprint density at radius 3 is 2.24 bits per heavy atom. The molecule has 3 aromatic carbocycles. The van der Waals surface area contributed by atoms with Gasteiger partial charge < -0.3 is 19.9 Å². The zero-order valence-corrected chi connectivity index (χ0v) is 29.1. The van der Waals surface area contributed by atoms with Gasteiger partial charge in [-0.05, 0) is 65.6 Å². The van der Waals surface area contributed by atoms with Crippen molar-refractivity contribution in [3.8, 4) is 11.1 Å². The Kier molecular flexibility index (Phi) is 14.6. The Bertz CT molecular complexity index is 1520. The van der Waals surface area contributed by atoms with E-state index in [0.717, 1.165) is 72.2 Å². The number of nitrogens with one attached hydrogen (secondary N) is 2. The molecule has 5 rings (SSSR count). The molecular weight excluding hydrogens is 630 g/mol. The highest BCUT2D eigenvalue weighted by atomic mass is 16.7. The SMILES string of the molecule is C=CCN(C[C@@H]1C[C@H](c2ccc(CO)cc2)O[C@H](c2cccc(-c3cccc(CNC(=O)CCCCCCC(=O)NO)c3)c2)O1)C1CCCC1. The molecule has 1 aliphatic heterocycles. The summed E-state index contributed by atoms with van der Waals surface area (Å²) in [5.74, 6) is -0.372. The first-order chi connectivity index (χ1) is 24.4. The number of rotatable bonds is 18. The van der Waals surface area contributed by atoms with E-state index in [1.807, 2.05) is 36.4 Å². The van der Waals surface area contributed by atoms with Gasteiger partial charge in [-0.1, -0.05) is 92.4 Å². The van der Waals surface area contributed by atoms with Crippen LogP contribution in [-0.2, 0) is 32.2 Å². The second-order valence-corrected chi connectivity index (χ2v) is 13.6. The molecule has 0 aromatic heterocycles. The predicted molar refractivity (Wildman–Crippen MR) is 194 cm³/mol. The highest BCUT2D eigenvalue weighted by Gasteiger charge is 2.34. The van der Waals surface area contributed by atoms with E-state index in [1.165, 1.54) is 25.7 Å². The van der Waals surface area contributed by atoms with Crippen LogP contribution in [0.5, 0.6) is 0 Å². The molecule has 50 heavy (non-hydrogen) atoms. The lowest BCUT2D eigenvalue weighted by atomic mass is 9.98. The van der Waals surface area contributed by atoms with E-state index >= 15 is 0 Å². The summed E-state index contributed by atoms with van der Waals surface area (Å²) >= 11 is 0. The zero-order valence-electron chi connectivity index (χ0n) is 29.1. The number of ether oxygens (including phenoxy) is 2. The Morgan fingerprint density at radius 1 is 0.840 bits per heavy atom. The van der Waals surface area contributed by atoms with Gasteiger partial charge in [0.05, 0.1) is 18.8 Å². The number of hydrogen-bond donors (Lipinski definition) is 4. The number of unbranched alkanes of at least 4 members (excludes halogenated alkanes) is 3. The van der Waals surface area contributed by atoms with Crippen molar-refractivity contribution in [1.29, 1.82) is 0 Å². The van der Waals surface area contributed by atoms with E-state index < -0.39 is 6.29 Å². The molecule has 1 aliphatic carbocycles. The average Bonchev–Trinajstić information content (AvgIpc) is 3.70. The fourth-order valence-corrected chi connectivity index (χ4v) is 7.10. The second-order valence-electron chi connectivity index (χ2n) is 13.6. The van der Waals surface area contributed by atoms with Crippen LogP contribution in [0.4, 0.5) is 0 Å². The quantitative estimate of drug-likeness (QED) is 0.0481. The molecule has 4 N–H and O–H groups in total. The number of amides is 2. The molecule has 9 heteroatoms. The van der Waals surface area contributed by atoms with Crippen LogP contribution in [0.2, 0.25) is 0 Å². The third-order valence-corrected chi connectivity index (χ3v) is 9.85. The molecule has 3 aromatic rings. The van der Waals surface area contributed by atoms with Gasteiger partial charge in [0.1, 0.15) is 0 Å². The Balaban J connectivity index is 1.24. The number of hydroxylamine groups is 1. The number of carbonyl (C=O) groups is 2. The minimum atomic E-state index is -0.542. The largest absolute Gasteiger partial charge is 0.392 e. The number of aliphatic hydroxyl groups is 1. The molecule has 1 saturated heterocycles. The molecule has 268 valence electrons. The Hall–Kier alpha value is -3.86. The maximum absolute atomic E-state index is 12.5. The molecule has 0 bridgehead atoms. The highest BCUT2D eigenvalue weighted by Crippen LogP contribution is 2.39. The van der Waals surface area contributed by atoms with Crippen LogP contribution >= 0.6 is 0 Å². The van der Waals surface area contributed by atoms with E-state index in [1.54, 1.807) is 5.48 Å². The molecular formula is C41H53N3O6. The smallest absolute Gasteiger partial charge is 0.243 e. The van der Waals surface area contributed by atoms with Crippen LogP contribution in [0.3, 0.4) is 0 Å². The zero-order chi connectivity index (χ0) is 35.1. The summed E-state index contributed by atoms with van der Waals surface area (Å²) < 4.78 is 13.4. The molecule has 1 saturated carbocycles. The van der Waals surface area contributed by atoms with Crippen molar-refractivity contribution in [2.75, 3.05) is 13.1 Å². The topological polar surface area (TPSA) is 120 Å². The van der Waals surface area contributed by atoms with Gasteiger partial charge in [-0.3, -0.25) is 19.7 Å². The second kappa shape index (κ2) is 19.5. The van der Waals surface area contributed by atoms with Gasteiger partial charge in [-0.2, -0.15) is 0 Å². The molecule has 0 radical (unpaired) electrons. The van der Waals surface area contributed by atoms with Crippen LogP contribution < -0.4 is 10.8 Å². The van der Waals surface area contributed by atoms with Crippen molar-refractivity contribution in [3.05, 3.63) is 108 Å². The first-order valence-corrected chi connectivity index (χ1v) is 18.2. The number of aliphatic hydroxyl groups excluding tert-OH is 1. The first-order valence-electron chi connectivity index (χ1n) is 18.2. The lowest BCUT2D eigenvalue weighted by Gasteiger charge is -2.39. The maximum atomic E-state index is 12.5. The molecule has 0 spiro atoms. The lowest BCUT2D eigenvalue weighted by Crippen LogP contribution is -2.43. The Morgan fingerprint density at radius 2 is 1.54 bits per heavy atom. The van der Waals surface area contributed by atoms with Crippen molar-refractivity contribution in [3.63, 3.8) is 0 Å². The molecule has 9 nitrogen and oxygen atoms in total. The number of hydrogen-bond acceptors (Lipinski definition) is 7. The van der Waals surface area contributed by atoms with Crippen LogP contribution in [0.25, 0.3) is 11.1 Å². The van der Waals surface area contributed by atoms with E-state index in [-0.39, 0.29) is 30.6 Å². The minimum Gasteiger partial charge on any atom is -0.392 e. The van der Waals surface area contributed by atoms with Crippen molar-refractivity contribution in [2.24, 2.45) is 0 Å². The lowest BCUT2D eigenvalue weighted by molar-refractivity contribution is -0.253. The summed E-state index contributed by atoms with van der Waals surface area (Å²) in [7, 11) is 0. The molecule has 0 unspecified atom stereocenters.